The Kier molecular flexibility index (Phi) is 15.7. The third-order valence-electron chi connectivity index (χ3n) is 2.59. The molecule has 0 rings (SSSR count). The van der Waals surface area contributed by atoms with Gasteiger partial charge in [-0.2, -0.15) is 0 Å². The molecule has 0 bridgehead atoms. The maximum atomic E-state index is 2.49. The second kappa shape index (κ2) is 15.3. The van der Waals surface area contributed by atoms with E-state index in [9.17, 15) is 0 Å². The van der Waals surface area contributed by atoms with Crippen LogP contribution >= 0.6 is 16.5 Å². The molecule has 0 saturated carbocycles. The summed E-state index contributed by atoms with van der Waals surface area (Å²) in [6, 6.07) is 0. The molecule has 0 aliphatic carbocycles. The summed E-state index contributed by atoms with van der Waals surface area (Å²) in [4.78, 5) is 0. The predicted octanol–water partition coefficient (Wildman–Crippen LogP) is 5.91. The molecule has 0 saturated heterocycles. The molecule has 96 valence electrons. The average Bonchev–Trinajstić information content (AvgIpc) is 2.31. The fourth-order valence-electron chi connectivity index (χ4n) is 1.53. The molecule has 1 atom stereocenters. The molecule has 0 fully saturated rings. The Hall–Kier alpha value is 0.340. The van der Waals surface area contributed by atoms with Crippen molar-refractivity contribution in [3.63, 3.8) is 0 Å². The second-order valence-electron chi connectivity index (χ2n) is 4.27. The van der Waals surface area contributed by atoms with E-state index in [0.717, 1.165) is 8.27 Å². The van der Waals surface area contributed by atoms with Crippen LogP contribution in [-0.2, 0) is 0 Å². The van der Waals surface area contributed by atoms with Crippen LogP contribution < -0.4 is 0 Å². The van der Waals surface area contributed by atoms with E-state index in [-0.39, 0.29) is 8.27 Å². The predicted molar refractivity (Wildman–Crippen MR) is 86.0 cm³/mol. The first-order valence-corrected chi connectivity index (χ1v) is 11.2. The van der Waals surface area contributed by atoms with Gasteiger partial charge < -0.3 is 0 Å². The minimum atomic E-state index is 0.0980. The summed E-state index contributed by atoms with van der Waals surface area (Å²) in [7, 11) is 1.23. The van der Waals surface area contributed by atoms with Gasteiger partial charge in [0.05, 0.1) is 0 Å². The molecule has 0 heterocycles. The Morgan fingerprint density at radius 2 is 1.50 bits per heavy atom. The van der Waals surface area contributed by atoms with Crippen molar-refractivity contribution in [3.8, 4) is 0 Å². The van der Waals surface area contributed by atoms with Crippen molar-refractivity contribution in [1.29, 1.82) is 0 Å². The molecule has 0 spiro atoms. The zero-order chi connectivity index (χ0) is 11.9. The number of hydrogen-bond donors (Lipinski definition) is 0. The van der Waals surface area contributed by atoms with E-state index in [1.54, 1.807) is 0 Å². The monoisotopic (exact) mass is 260 g/mol. The van der Waals surface area contributed by atoms with Crippen LogP contribution in [0.25, 0.3) is 0 Å². The van der Waals surface area contributed by atoms with Gasteiger partial charge in [0.2, 0.25) is 0 Å². The Morgan fingerprint density at radius 1 is 0.875 bits per heavy atom. The fourth-order valence-corrected chi connectivity index (χ4v) is 4.35. The maximum absolute atomic E-state index is 2.49. The molecule has 0 aliphatic rings. The zero-order valence-corrected chi connectivity index (χ0v) is 13.6. The first-order chi connectivity index (χ1) is 7.91. The molecule has 0 aliphatic heterocycles. The summed E-state index contributed by atoms with van der Waals surface area (Å²) >= 11 is 0. The van der Waals surface area contributed by atoms with Crippen molar-refractivity contribution in [2.24, 2.45) is 0 Å². The quantitative estimate of drug-likeness (QED) is 0.320. The van der Waals surface area contributed by atoms with E-state index in [2.05, 4.69) is 37.6 Å². The van der Waals surface area contributed by atoms with Gasteiger partial charge >= 0.3 is 106 Å². The summed E-state index contributed by atoms with van der Waals surface area (Å²) in [5.74, 6) is 4.92. The molecule has 0 aromatic carbocycles. The zero-order valence-electron chi connectivity index (χ0n) is 11.2. The van der Waals surface area contributed by atoms with Crippen molar-refractivity contribution in [3.05, 3.63) is 23.8 Å². The van der Waals surface area contributed by atoms with Gasteiger partial charge in [-0.1, -0.05) is 0 Å². The van der Waals surface area contributed by atoms with E-state index < -0.39 is 0 Å². The van der Waals surface area contributed by atoms with Gasteiger partial charge in [0, 0.05) is 0 Å². The van der Waals surface area contributed by atoms with Crippen LogP contribution in [-0.4, -0.2) is 0 Å². The van der Waals surface area contributed by atoms with Crippen molar-refractivity contribution >= 4 is 16.5 Å². The average molecular weight is 260 g/mol. The third kappa shape index (κ3) is 14.3. The first-order valence-electron chi connectivity index (χ1n) is 6.95. The molecule has 1 unspecified atom stereocenters. The second-order valence-corrected chi connectivity index (χ2v) is 8.34. The van der Waals surface area contributed by atoms with Crippen molar-refractivity contribution in [2.45, 2.75) is 65.2 Å². The van der Waals surface area contributed by atoms with Gasteiger partial charge in [-0.15, -0.1) is 0 Å². The number of unbranched alkanes of at least 4 members (excludes halogenated alkanes) is 6. The summed E-state index contributed by atoms with van der Waals surface area (Å²) < 4.78 is 0. The van der Waals surface area contributed by atoms with Gasteiger partial charge in [-0.25, -0.2) is 0 Å². The van der Waals surface area contributed by atoms with Crippen LogP contribution in [0, 0.1) is 0 Å². The van der Waals surface area contributed by atoms with Crippen LogP contribution in [0.15, 0.2) is 23.8 Å². The number of rotatable bonds is 11. The third-order valence-corrected chi connectivity index (χ3v) is 5.98. The molecule has 0 aromatic rings. The molecule has 0 radical (unpaired) electrons. The summed E-state index contributed by atoms with van der Waals surface area (Å²) in [6.07, 6.45) is 15.7. The van der Waals surface area contributed by atoms with Crippen LogP contribution in [0.1, 0.15) is 65.2 Å². The normalized spacial score (nSPS) is 12.9. The number of hydrogen-bond acceptors (Lipinski definition) is 0. The van der Waals surface area contributed by atoms with Gasteiger partial charge in [0.1, 0.15) is 0 Å². The molecular formula is C14H30P2. The van der Waals surface area contributed by atoms with Crippen LogP contribution in [0.4, 0.5) is 0 Å². The molecule has 16 heavy (non-hydrogen) atoms. The van der Waals surface area contributed by atoms with E-state index in [1.165, 1.54) is 51.4 Å². The van der Waals surface area contributed by atoms with Gasteiger partial charge in [-0.3, -0.25) is 0 Å². The number of allylic oxidation sites excluding steroid dienone is 2. The van der Waals surface area contributed by atoms with Crippen LogP contribution in [0.3, 0.4) is 0 Å². The summed E-state index contributed by atoms with van der Waals surface area (Å²) in [5.41, 5.74) is 0. The summed E-state index contributed by atoms with van der Waals surface area (Å²) in [5, 5.41) is 0. The van der Waals surface area contributed by atoms with Crippen molar-refractivity contribution in [1.82, 2.24) is 0 Å². The standard InChI is InChI=1S/C14H30P2/c1-3-5-7-9-11-13-15-16-14-12-10-8-6-4-2/h11-15H,3-10H2,1-2,16H3/b13-11+,14-12+. The molecule has 0 aromatic heterocycles. The Bertz CT molecular complexity index is 154. The van der Waals surface area contributed by atoms with Gasteiger partial charge in [-0.05, 0) is 0 Å². The fraction of sp³-hybridized carbons (Fsp3) is 0.714. The van der Waals surface area contributed by atoms with E-state index in [1.807, 2.05) is 0 Å². The van der Waals surface area contributed by atoms with Crippen molar-refractivity contribution < 1.29 is 0 Å². The minimum absolute atomic E-state index is 0.0980. The van der Waals surface area contributed by atoms with Gasteiger partial charge in [0.25, 0.3) is 0 Å². The topological polar surface area (TPSA) is 0 Å². The SMILES string of the molecule is CCCCC/C=C/P[PH3]/C=C/CCCCC. The van der Waals surface area contributed by atoms with Crippen molar-refractivity contribution in [2.75, 3.05) is 0 Å². The summed E-state index contributed by atoms with van der Waals surface area (Å²) in [6.45, 7) is 4.53. The van der Waals surface area contributed by atoms with E-state index >= 15 is 0 Å². The first kappa shape index (κ1) is 16.3. The Balaban J connectivity index is 3.12. The molecular weight excluding hydrogens is 230 g/mol. The van der Waals surface area contributed by atoms with Gasteiger partial charge in [0.15, 0.2) is 0 Å². The molecule has 0 N–H and O–H groups in total. The molecule has 0 nitrogen and oxygen atoms in total. The molecule has 0 amide bonds. The van der Waals surface area contributed by atoms with E-state index in [0.29, 0.717) is 0 Å². The van der Waals surface area contributed by atoms with E-state index in [4.69, 9.17) is 0 Å². The Labute approximate surface area is 106 Å². The Morgan fingerprint density at radius 3 is 2.12 bits per heavy atom. The molecule has 2 heteroatoms. The van der Waals surface area contributed by atoms with Crippen LogP contribution in [0.2, 0.25) is 0 Å². The van der Waals surface area contributed by atoms with Crippen LogP contribution in [0.5, 0.6) is 0 Å².